The SMILES string of the molecule is CCCCCCCCCCCCCCCCCC(=O)c1ccc(-c2ccc(Cl)cc2)cc1. The fourth-order valence-corrected chi connectivity index (χ4v) is 4.42. The van der Waals surface area contributed by atoms with Crippen molar-refractivity contribution in [1.82, 2.24) is 0 Å². The summed E-state index contributed by atoms with van der Waals surface area (Å²) in [5.41, 5.74) is 3.06. The van der Waals surface area contributed by atoms with Gasteiger partial charge >= 0.3 is 0 Å². The molecular weight excluding hydrogens is 412 g/mol. The quantitative estimate of drug-likeness (QED) is 0.161. The van der Waals surface area contributed by atoms with Crippen LogP contribution >= 0.6 is 11.6 Å². The second-order valence-corrected chi connectivity index (χ2v) is 9.64. The standard InChI is InChI=1S/C30H43ClO/c1-2-3-4-5-6-7-8-9-10-11-12-13-14-15-16-17-30(32)28-20-18-26(19-21-28)27-22-24-29(31)25-23-27/h18-25H,2-17H2,1H3. The van der Waals surface area contributed by atoms with Crippen molar-refractivity contribution in [3.05, 3.63) is 59.1 Å². The van der Waals surface area contributed by atoms with Gasteiger partial charge in [0, 0.05) is 17.0 Å². The zero-order valence-electron chi connectivity index (χ0n) is 20.2. The predicted octanol–water partition coefficient (Wildman–Crippen LogP) is 10.5. The van der Waals surface area contributed by atoms with E-state index in [-0.39, 0.29) is 5.78 Å². The van der Waals surface area contributed by atoms with Gasteiger partial charge in [-0.15, -0.1) is 0 Å². The van der Waals surface area contributed by atoms with Gasteiger partial charge in [0.15, 0.2) is 5.78 Å². The van der Waals surface area contributed by atoms with E-state index in [1.54, 1.807) is 0 Å². The van der Waals surface area contributed by atoms with E-state index in [0.717, 1.165) is 28.1 Å². The van der Waals surface area contributed by atoms with Gasteiger partial charge in [-0.05, 0) is 29.7 Å². The molecule has 0 saturated carbocycles. The van der Waals surface area contributed by atoms with Crippen LogP contribution < -0.4 is 0 Å². The number of hydrogen-bond donors (Lipinski definition) is 0. The van der Waals surface area contributed by atoms with Gasteiger partial charge < -0.3 is 0 Å². The molecule has 32 heavy (non-hydrogen) atoms. The lowest BCUT2D eigenvalue weighted by atomic mass is 9.99. The van der Waals surface area contributed by atoms with E-state index in [4.69, 9.17) is 11.6 Å². The molecule has 0 saturated heterocycles. The van der Waals surface area contributed by atoms with Crippen molar-refractivity contribution in [3.63, 3.8) is 0 Å². The van der Waals surface area contributed by atoms with Crippen molar-refractivity contribution < 1.29 is 4.79 Å². The van der Waals surface area contributed by atoms with Crippen LogP contribution in [0.3, 0.4) is 0 Å². The fourth-order valence-electron chi connectivity index (χ4n) is 4.29. The molecule has 0 bridgehead atoms. The lowest BCUT2D eigenvalue weighted by Gasteiger charge is -2.05. The summed E-state index contributed by atoms with van der Waals surface area (Å²) in [6.07, 6.45) is 20.9. The molecule has 0 N–H and O–H groups in total. The molecule has 2 aromatic carbocycles. The van der Waals surface area contributed by atoms with Crippen LogP contribution in [0, 0.1) is 0 Å². The van der Waals surface area contributed by atoms with E-state index in [1.807, 2.05) is 48.5 Å². The summed E-state index contributed by atoms with van der Waals surface area (Å²) in [6, 6.07) is 15.8. The van der Waals surface area contributed by atoms with E-state index < -0.39 is 0 Å². The maximum absolute atomic E-state index is 12.5. The molecule has 0 aliphatic carbocycles. The van der Waals surface area contributed by atoms with Gasteiger partial charge in [-0.3, -0.25) is 4.79 Å². The number of halogens is 1. The Morgan fingerprint density at radius 1 is 0.562 bits per heavy atom. The highest BCUT2D eigenvalue weighted by atomic mass is 35.5. The molecular formula is C30H43ClO. The predicted molar refractivity (Wildman–Crippen MR) is 141 cm³/mol. The van der Waals surface area contributed by atoms with E-state index in [1.165, 1.54) is 89.9 Å². The summed E-state index contributed by atoms with van der Waals surface area (Å²) < 4.78 is 0. The Balaban J connectivity index is 1.45. The first kappa shape index (κ1) is 26.7. The lowest BCUT2D eigenvalue weighted by Crippen LogP contribution is -1.98. The van der Waals surface area contributed by atoms with E-state index in [2.05, 4.69) is 6.92 Å². The maximum Gasteiger partial charge on any atom is 0.162 e. The highest BCUT2D eigenvalue weighted by Crippen LogP contribution is 2.22. The first-order chi connectivity index (χ1) is 15.7. The summed E-state index contributed by atoms with van der Waals surface area (Å²) >= 11 is 5.96. The minimum Gasteiger partial charge on any atom is -0.294 e. The molecule has 0 amide bonds. The summed E-state index contributed by atoms with van der Waals surface area (Å²) in [7, 11) is 0. The van der Waals surface area contributed by atoms with Crippen LogP contribution in [-0.2, 0) is 0 Å². The first-order valence-corrected chi connectivity index (χ1v) is 13.5. The molecule has 2 heteroatoms. The Bertz CT molecular complexity index is 732. The number of rotatable bonds is 18. The molecule has 176 valence electrons. The number of unbranched alkanes of at least 4 members (excludes halogenated alkanes) is 14. The number of hydrogen-bond acceptors (Lipinski definition) is 1. The van der Waals surface area contributed by atoms with E-state index >= 15 is 0 Å². The highest BCUT2D eigenvalue weighted by molar-refractivity contribution is 6.30. The Hall–Kier alpha value is -1.60. The Labute approximate surface area is 202 Å². The average molecular weight is 455 g/mol. The molecule has 0 aliphatic rings. The van der Waals surface area contributed by atoms with Crippen molar-refractivity contribution in [2.45, 2.75) is 110 Å². The molecule has 1 nitrogen and oxygen atoms in total. The van der Waals surface area contributed by atoms with Crippen LogP contribution in [0.1, 0.15) is 120 Å². The summed E-state index contributed by atoms with van der Waals surface area (Å²) in [4.78, 5) is 12.5. The average Bonchev–Trinajstić information content (AvgIpc) is 2.82. The molecule has 2 rings (SSSR count). The van der Waals surface area contributed by atoms with Crippen molar-refractivity contribution >= 4 is 17.4 Å². The number of ketones is 1. The second kappa shape index (κ2) is 17.0. The normalized spacial score (nSPS) is 11.1. The smallest absolute Gasteiger partial charge is 0.162 e. The first-order valence-electron chi connectivity index (χ1n) is 13.1. The van der Waals surface area contributed by atoms with Gasteiger partial charge in [-0.1, -0.05) is 145 Å². The number of carbonyl (C=O) groups is 1. The molecule has 0 aliphatic heterocycles. The van der Waals surface area contributed by atoms with Crippen LogP contribution in [0.5, 0.6) is 0 Å². The van der Waals surface area contributed by atoms with Crippen molar-refractivity contribution in [2.75, 3.05) is 0 Å². The van der Waals surface area contributed by atoms with Crippen LogP contribution in [0.25, 0.3) is 11.1 Å². The topological polar surface area (TPSA) is 17.1 Å². The number of Topliss-reactive ketones (excluding diaryl/α,β-unsaturated/α-hetero) is 1. The third kappa shape index (κ3) is 11.3. The van der Waals surface area contributed by atoms with Crippen molar-refractivity contribution in [3.8, 4) is 11.1 Å². The zero-order chi connectivity index (χ0) is 22.9. The third-order valence-corrected chi connectivity index (χ3v) is 6.64. The third-order valence-electron chi connectivity index (χ3n) is 6.39. The van der Waals surface area contributed by atoms with Crippen LogP contribution in [0.4, 0.5) is 0 Å². The zero-order valence-corrected chi connectivity index (χ0v) is 21.0. The lowest BCUT2D eigenvalue weighted by molar-refractivity contribution is 0.0979. The number of benzene rings is 2. The van der Waals surface area contributed by atoms with Gasteiger partial charge in [0.05, 0.1) is 0 Å². The molecule has 0 heterocycles. The van der Waals surface area contributed by atoms with Gasteiger partial charge in [-0.2, -0.15) is 0 Å². The van der Waals surface area contributed by atoms with E-state index in [0.29, 0.717) is 6.42 Å². The van der Waals surface area contributed by atoms with E-state index in [9.17, 15) is 4.79 Å². The Kier molecular flexibility index (Phi) is 14.1. The van der Waals surface area contributed by atoms with Gasteiger partial charge in [-0.25, -0.2) is 0 Å². The van der Waals surface area contributed by atoms with Gasteiger partial charge in [0.25, 0.3) is 0 Å². The monoisotopic (exact) mass is 454 g/mol. The summed E-state index contributed by atoms with van der Waals surface area (Å²) in [6.45, 7) is 2.28. The molecule has 0 radical (unpaired) electrons. The highest BCUT2D eigenvalue weighted by Gasteiger charge is 2.06. The minimum absolute atomic E-state index is 0.266. The second-order valence-electron chi connectivity index (χ2n) is 9.21. The summed E-state index contributed by atoms with van der Waals surface area (Å²) in [5.74, 6) is 0.266. The molecule has 2 aromatic rings. The van der Waals surface area contributed by atoms with Crippen molar-refractivity contribution in [2.24, 2.45) is 0 Å². The minimum atomic E-state index is 0.266. The molecule has 0 unspecified atom stereocenters. The molecule has 0 atom stereocenters. The largest absolute Gasteiger partial charge is 0.294 e. The molecule has 0 aromatic heterocycles. The Morgan fingerprint density at radius 3 is 1.38 bits per heavy atom. The van der Waals surface area contributed by atoms with Gasteiger partial charge in [0.1, 0.15) is 0 Å². The van der Waals surface area contributed by atoms with Crippen molar-refractivity contribution in [1.29, 1.82) is 0 Å². The molecule has 0 spiro atoms. The van der Waals surface area contributed by atoms with Crippen LogP contribution in [-0.4, -0.2) is 5.78 Å². The van der Waals surface area contributed by atoms with Gasteiger partial charge in [0.2, 0.25) is 0 Å². The number of carbonyl (C=O) groups excluding carboxylic acids is 1. The Morgan fingerprint density at radius 2 is 0.938 bits per heavy atom. The molecule has 0 fully saturated rings. The maximum atomic E-state index is 12.5. The van der Waals surface area contributed by atoms with Crippen LogP contribution in [0.2, 0.25) is 5.02 Å². The van der Waals surface area contributed by atoms with Crippen LogP contribution in [0.15, 0.2) is 48.5 Å². The fraction of sp³-hybridized carbons (Fsp3) is 0.567. The summed E-state index contributed by atoms with van der Waals surface area (Å²) in [5, 5.41) is 0.740.